The first-order valence-corrected chi connectivity index (χ1v) is 11.1. The minimum atomic E-state index is -1.00. The topological polar surface area (TPSA) is 92.8 Å². The van der Waals surface area contributed by atoms with Crippen molar-refractivity contribution >= 4 is 29.4 Å². The first kappa shape index (κ1) is 21.5. The van der Waals surface area contributed by atoms with E-state index in [4.69, 9.17) is 4.74 Å². The summed E-state index contributed by atoms with van der Waals surface area (Å²) in [6, 6.07) is 4.57. The van der Waals surface area contributed by atoms with Gasteiger partial charge in [-0.15, -0.1) is 0 Å². The van der Waals surface area contributed by atoms with Crippen molar-refractivity contribution in [2.24, 2.45) is 29.6 Å². The van der Waals surface area contributed by atoms with Gasteiger partial charge in [-0.05, 0) is 68.1 Å². The maximum Gasteiger partial charge on any atom is 0.330 e. The Morgan fingerprint density at radius 1 is 1.10 bits per heavy atom. The van der Waals surface area contributed by atoms with Gasteiger partial charge in [-0.1, -0.05) is 26.0 Å². The zero-order chi connectivity index (χ0) is 22.4. The van der Waals surface area contributed by atoms with E-state index in [1.54, 1.807) is 19.9 Å². The number of rotatable bonds is 6. The Hall–Kier alpha value is -2.70. The molecule has 0 radical (unpaired) electrons. The second-order valence-corrected chi connectivity index (χ2v) is 9.52. The number of esters is 1. The number of anilines is 1. The SMILES string of the molecule is Cc1cccc(NC(=O)COC(=O)[C@H](C(C)C)N2C(=O)[C@H]3[C@@H]4CC[C@@H](C4)[C@@H]3C2=O)c1C. The van der Waals surface area contributed by atoms with Crippen molar-refractivity contribution in [1.29, 1.82) is 0 Å². The molecule has 31 heavy (non-hydrogen) atoms. The first-order valence-electron chi connectivity index (χ1n) is 11.1. The van der Waals surface area contributed by atoms with Gasteiger partial charge in [-0.2, -0.15) is 0 Å². The zero-order valence-electron chi connectivity index (χ0n) is 18.5. The van der Waals surface area contributed by atoms with Crippen LogP contribution in [0, 0.1) is 43.4 Å². The van der Waals surface area contributed by atoms with Gasteiger partial charge in [0.25, 0.3) is 5.91 Å². The van der Waals surface area contributed by atoms with E-state index in [0.717, 1.165) is 35.3 Å². The maximum atomic E-state index is 13.1. The molecule has 3 amide bonds. The highest BCUT2D eigenvalue weighted by Crippen LogP contribution is 2.56. The fourth-order valence-corrected chi connectivity index (χ4v) is 5.68. The Kier molecular flexibility index (Phi) is 5.62. The normalized spacial score (nSPS) is 27.6. The van der Waals surface area contributed by atoms with Crippen molar-refractivity contribution in [2.75, 3.05) is 11.9 Å². The Morgan fingerprint density at radius 3 is 2.29 bits per heavy atom. The molecule has 0 unspecified atom stereocenters. The summed E-state index contributed by atoms with van der Waals surface area (Å²) in [5.41, 5.74) is 2.64. The smallest absolute Gasteiger partial charge is 0.330 e. The van der Waals surface area contributed by atoms with E-state index in [0.29, 0.717) is 5.69 Å². The summed E-state index contributed by atoms with van der Waals surface area (Å²) >= 11 is 0. The Bertz CT molecular complexity index is 912. The van der Waals surface area contributed by atoms with Crippen molar-refractivity contribution in [1.82, 2.24) is 4.90 Å². The molecule has 0 spiro atoms. The van der Waals surface area contributed by atoms with Crippen molar-refractivity contribution in [2.45, 2.75) is 53.0 Å². The number of carbonyl (C=O) groups excluding carboxylic acids is 4. The fraction of sp³-hybridized carbons (Fsp3) is 0.583. The van der Waals surface area contributed by atoms with Crippen LogP contribution >= 0.6 is 0 Å². The summed E-state index contributed by atoms with van der Waals surface area (Å²) in [7, 11) is 0. The number of ether oxygens (including phenoxy) is 1. The van der Waals surface area contributed by atoms with Gasteiger partial charge in [0.15, 0.2) is 6.61 Å². The summed E-state index contributed by atoms with van der Waals surface area (Å²) in [4.78, 5) is 52.6. The molecule has 0 aromatic heterocycles. The molecule has 5 atom stereocenters. The van der Waals surface area contributed by atoms with Gasteiger partial charge in [-0.3, -0.25) is 19.3 Å². The Balaban J connectivity index is 1.42. The zero-order valence-corrected chi connectivity index (χ0v) is 18.5. The molecular weight excluding hydrogens is 396 g/mol. The number of nitrogens with zero attached hydrogens (tertiary/aromatic N) is 1. The van der Waals surface area contributed by atoms with Crippen molar-refractivity contribution in [3.05, 3.63) is 29.3 Å². The van der Waals surface area contributed by atoms with Crippen LogP contribution in [-0.4, -0.2) is 41.2 Å². The van der Waals surface area contributed by atoms with E-state index in [1.165, 1.54) is 0 Å². The van der Waals surface area contributed by atoms with Gasteiger partial charge >= 0.3 is 5.97 Å². The standard InChI is InChI=1S/C24H30N2O5/c1-12(2)21(26-22(28)19-15-8-9-16(10-15)20(19)23(26)29)24(30)31-11-18(27)25-17-7-5-6-13(3)14(17)4/h5-7,12,15-16,19-21H,8-11H2,1-4H3,(H,25,27)/t15-,16+,19-,20-,21-/m0/s1. The van der Waals surface area contributed by atoms with Crippen molar-refractivity contribution in [3.8, 4) is 0 Å². The van der Waals surface area contributed by atoms with Gasteiger partial charge in [0.05, 0.1) is 11.8 Å². The number of nitrogens with one attached hydrogen (secondary N) is 1. The number of carbonyl (C=O) groups is 4. The molecule has 2 saturated carbocycles. The van der Waals surface area contributed by atoms with E-state index in [1.807, 2.05) is 26.0 Å². The minimum Gasteiger partial charge on any atom is -0.454 e. The van der Waals surface area contributed by atoms with Crippen LogP contribution < -0.4 is 5.32 Å². The summed E-state index contributed by atoms with van der Waals surface area (Å²) in [6.45, 7) is 6.95. The van der Waals surface area contributed by atoms with Crippen LogP contribution in [0.25, 0.3) is 0 Å². The monoisotopic (exact) mass is 426 g/mol. The molecule has 4 rings (SSSR count). The average molecular weight is 427 g/mol. The van der Waals surface area contributed by atoms with Gasteiger partial charge in [-0.25, -0.2) is 4.79 Å². The van der Waals surface area contributed by atoms with E-state index in [2.05, 4.69) is 5.32 Å². The number of imide groups is 1. The minimum absolute atomic E-state index is 0.238. The number of hydrogen-bond donors (Lipinski definition) is 1. The third-order valence-electron chi connectivity index (χ3n) is 7.34. The van der Waals surface area contributed by atoms with E-state index in [9.17, 15) is 19.2 Å². The highest BCUT2D eigenvalue weighted by molar-refractivity contribution is 6.08. The molecule has 3 fully saturated rings. The molecule has 1 aliphatic heterocycles. The second-order valence-electron chi connectivity index (χ2n) is 9.52. The number of benzene rings is 1. The molecule has 2 bridgehead atoms. The van der Waals surface area contributed by atoms with Crippen LogP contribution in [0.3, 0.4) is 0 Å². The molecule has 2 aliphatic carbocycles. The average Bonchev–Trinajstić information content (AvgIpc) is 3.40. The summed E-state index contributed by atoms with van der Waals surface area (Å²) in [6.07, 6.45) is 2.90. The number of amides is 3. The molecule has 1 aromatic carbocycles. The predicted molar refractivity (Wildman–Crippen MR) is 114 cm³/mol. The quantitative estimate of drug-likeness (QED) is 0.558. The van der Waals surface area contributed by atoms with E-state index >= 15 is 0 Å². The largest absolute Gasteiger partial charge is 0.454 e. The van der Waals surface area contributed by atoms with Gasteiger partial charge in [0.2, 0.25) is 11.8 Å². The van der Waals surface area contributed by atoms with Crippen LogP contribution in [0.5, 0.6) is 0 Å². The summed E-state index contributed by atoms with van der Waals surface area (Å²) < 4.78 is 5.27. The first-order chi connectivity index (χ1) is 14.7. The van der Waals surface area contributed by atoms with E-state index in [-0.39, 0.29) is 41.4 Å². The van der Waals surface area contributed by atoms with Crippen LogP contribution in [0.4, 0.5) is 5.69 Å². The Labute approximate surface area is 182 Å². The van der Waals surface area contributed by atoms with Crippen LogP contribution in [-0.2, 0) is 23.9 Å². The Morgan fingerprint density at radius 2 is 1.71 bits per heavy atom. The molecule has 1 N–H and O–H groups in total. The fourth-order valence-electron chi connectivity index (χ4n) is 5.68. The third kappa shape index (κ3) is 3.64. The molecule has 166 valence electrons. The summed E-state index contributed by atoms with van der Waals surface area (Å²) in [5, 5.41) is 2.75. The van der Waals surface area contributed by atoms with Crippen LogP contribution in [0.15, 0.2) is 18.2 Å². The lowest BCUT2D eigenvalue weighted by atomic mass is 9.81. The van der Waals surface area contributed by atoms with Gasteiger partial charge in [0.1, 0.15) is 6.04 Å². The summed E-state index contributed by atoms with van der Waals surface area (Å²) in [5.74, 6) is -2.01. The number of fused-ring (bicyclic) bond motifs is 5. The number of aryl methyl sites for hydroxylation is 1. The number of likely N-dealkylation sites (tertiary alicyclic amines) is 1. The maximum absolute atomic E-state index is 13.1. The molecule has 1 heterocycles. The molecule has 1 aromatic rings. The lowest BCUT2D eigenvalue weighted by Gasteiger charge is -2.28. The predicted octanol–water partition coefficient (Wildman–Crippen LogP) is 2.84. The van der Waals surface area contributed by atoms with Gasteiger partial charge in [0, 0.05) is 5.69 Å². The number of hydrogen-bond acceptors (Lipinski definition) is 5. The van der Waals surface area contributed by atoms with Gasteiger partial charge < -0.3 is 10.1 Å². The third-order valence-corrected chi connectivity index (χ3v) is 7.34. The van der Waals surface area contributed by atoms with Crippen molar-refractivity contribution in [3.63, 3.8) is 0 Å². The highest BCUT2D eigenvalue weighted by atomic mass is 16.5. The van der Waals surface area contributed by atoms with Crippen LogP contribution in [0.1, 0.15) is 44.2 Å². The lowest BCUT2D eigenvalue weighted by molar-refractivity contribution is -0.162. The molecular formula is C24H30N2O5. The van der Waals surface area contributed by atoms with E-state index < -0.39 is 24.5 Å². The molecule has 1 saturated heterocycles. The highest BCUT2D eigenvalue weighted by Gasteiger charge is 2.62. The second kappa shape index (κ2) is 8.09. The lowest BCUT2D eigenvalue weighted by Crippen LogP contribution is -2.50. The molecule has 7 nitrogen and oxygen atoms in total. The van der Waals surface area contributed by atoms with Crippen molar-refractivity contribution < 1.29 is 23.9 Å². The molecule has 7 heteroatoms. The molecule has 3 aliphatic rings. The van der Waals surface area contributed by atoms with Crippen LogP contribution in [0.2, 0.25) is 0 Å².